The van der Waals surface area contributed by atoms with Gasteiger partial charge < -0.3 is 5.11 Å². The zero-order valence-corrected chi connectivity index (χ0v) is 18.1. The zero-order chi connectivity index (χ0) is 19.8. The number of carbonyl (C=O) groups excluding carboxylic acids is 1. The number of aliphatic hydroxyl groups is 1. The molecule has 27 heavy (non-hydrogen) atoms. The molecule has 0 radical (unpaired) electrons. The second kappa shape index (κ2) is 7.26. The van der Waals surface area contributed by atoms with E-state index in [4.69, 9.17) is 0 Å². The van der Waals surface area contributed by atoms with Gasteiger partial charge in [0.15, 0.2) is 5.78 Å². The number of rotatable bonds is 1. The highest BCUT2D eigenvalue weighted by atomic mass is 28.3. The van der Waals surface area contributed by atoms with Crippen LogP contribution in [0.1, 0.15) is 50.7 Å². The Balaban J connectivity index is 1.90. The van der Waals surface area contributed by atoms with Gasteiger partial charge in [-0.25, -0.2) is 0 Å². The van der Waals surface area contributed by atoms with Gasteiger partial charge in [-0.2, -0.15) is 0 Å². The lowest BCUT2D eigenvalue weighted by molar-refractivity contribution is -0.113. The van der Waals surface area contributed by atoms with Crippen LogP contribution in [0.25, 0.3) is 6.08 Å². The predicted molar refractivity (Wildman–Crippen MR) is 115 cm³/mol. The molecule has 142 valence electrons. The van der Waals surface area contributed by atoms with Gasteiger partial charge in [0, 0.05) is 16.6 Å². The molecule has 0 amide bonds. The van der Waals surface area contributed by atoms with E-state index in [-0.39, 0.29) is 17.3 Å². The van der Waals surface area contributed by atoms with Gasteiger partial charge in [-0.3, -0.25) is 4.79 Å². The van der Waals surface area contributed by atoms with Crippen LogP contribution in [0.15, 0.2) is 41.0 Å². The van der Waals surface area contributed by atoms with Crippen molar-refractivity contribution in [3.05, 3.63) is 52.1 Å². The second-order valence-corrected chi connectivity index (χ2v) is 14.0. The number of ketones is 1. The summed E-state index contributed by atoms with van der Waals surface area (Å²) in [6.07, 6.45) is 4.96. The normalized spacial score (nSPS) is 27.3. The minimum absolute atomic E-state index is 0.138. The lowest BCUT2D eigenvalue weighted by Crippen LogP contribution is -2.42. The van der Waals surface area contributed by atoms with Gasteiger partial charge >= 0.3 is 0 Å². The summed E-state index contributed by atoms with van der Waals surface area (Å²) in [5.74, 6) is 3.40. The van der Waals surface area contributed by atoms with Crippen LogP contribution in [-0.4, -0.2) is 25.1 Å². The van der Waals surface area contributed by atoms with Crippen LogP contribution in [0.3, 0.4) is 0 Å². The van der Waals surface area contributed by atoms with Crippen molar-refractivity contribution in [1.29, 1.82) is 0 Å². The van der Waals surface area contributed by atoms with Crippen LogP contribution in [0.5, 0.6) is 0 Å². The van der Waals surface area contributed by atoms with Crippen molar-refractivity contribution < 1.29 is 9.90 Å². The molecule has 3 heteroatoms. The molecular formula is C24H30O2Si. The lowest BCUT2D eigenvalue weighted by Gasteiger charge is -2.45. The summed E-state index contributed by atoms with van der Waals surface area (Å²) < 4.78 is 0. The zero-order valence-electron chi connectivity index (χ0n) is 17.1. The average Bonchev–Trinajstić information content (AvgIpc) is 2.60. The van der Waals surface area contributed by atoms with E-state index in [9.17, 15) is 9.90 Å². The maximum Gasteiger partial charge on any atom is 0.184 e. The van der Waals surface area contributed by atoms with Gasteiger partial charge in [-0.15, -0.1) is 5.54 Å². The van der Waals surface area contributed by atoms with Crippen molar-refractivity contribution >= 4 is 19.9 Å². The van der Waals surface area contributed by atoms with E-state index in [0.29, 0.717) is 6.42 Å². The summed E-state index contributed by atoms with van der Waals surface area (Å²) in [4.78, 5) is 12.9. The molecule has 2 aliphatic carbocycles. The molecule has 0 saturated heterocycles. The van der Waals surface area contributed by atoms with E-state index in [1.165, 1.54) is 5.57 Å². The molecule has 0 spiro atoms. The van der Waals surface area contributed by atoms with Gasteiger partial charge in [0.05, 0.1) is 6.10 Å². The van der Waals surface area contributed by atoms with Gasteiger partial charge in [-0.1, -0.05) is 50.2 Å². The molecule has 1 saturated carbocycles. The molecule has 0 aliphatic heterocycles. The van der Waals surface area contributed by atoms with Gasteiger partial charge in [0.25, 0.3) is 0 Å². The van der Waals surface area contributed by atoms with Crippen molar-refractivity contribution in [1.82, 2.24) is 0 Å². The summed E-state index contributed by atoms with van der Waals surface area (Å²) in [5, 5.41) is 10.6. The number of allylic oxidation sites excluding steroid dienone is 2. The van der Waals surface area contributed by atoms with Crippen LogP contribution in [0.4, 0.5) is 0 Å². The molecular weight excluding hydrogens is 348 g/mol. The van der Waals surface area contributed by atoms with Crippen molar-refractivity contribution in [2.75, 3.05) is 0 Å². The Morgan fingerprint density at radius 2 is 1.89 bits per heavy atom. The molecule has 0 unspecified atom stereocenters. The standard InChI is InChI=1S/C24H30O2Si/c1-17-21-7-6-8-22(25)24(21,2)16-20(23(17)26)15-19-11-9-18(10-12-19)13-14-27(3,4)5/h9-12,15,22,25H,6-8,16H2,1-5H3/b20-15+/t22-,24-/m0/s1. The highest BCUT2D eigenvalue weighted by molar-refractivity contribution is 6.83. The highest BCUT2D eigenvalue weighted by Gasteiger charge is 2.45. The van der Waals surface area contributed by atoms with Crippen LogP contribution < -0.4 is 0 Å². The first kappa shape index (κ1) is 19.9. The molecule has 0 heterocycles. The van der Waals surface area contributed by atoms with E-state index < -0.39 is 8.07 Å². The maximum absolute atomic E-state index is 12.9. The quantitative estimate of drug-likeness (QED) is 0.417. The number of hydrogen-bond donors (Lipinski definition) is 1. The smallest absolute Gasteiger partial charge is 0.184 e. The predicted octanol–water partition coefficient (Wildman–Crippen LogP) is 5.14. The number of benzene rings is 1. The minimum atomic E-state index is -1.38. The summed E-state index contributed by atoms with van der Waals surface area (Å²) in [6.45, 7) is 10.7. The van der Waals surface area contributed by atoms with Crippen LogP contribution in [0, 0.1) is 16.9 Å². The highest BCUT2D eigenvalue weighted by Crippen LogP contribution is 2.50. The summed E-state index contributed by atoms with van der Waals surface area (Å²) in [6, 6.07) is 8.11. The third-order valence-corrected chi connectivity index (χ3v) is 6.68. The van der Waals surface area contributed by atoms with Crippen molar-refractivity contribution in [2.24, 2.45) is 5.41 Å². The van der Waals surface area contributed by atoms with Crippen molar-refractivity contribution in [2.45, 2.75) is 65.3 Å². The Morgan fingerprint density at radius 1 is 1.22 bits per heavy atom. The Morgan fingerprint density at radius 3 is 2.52 bits per heavy atom. The molecule has 2 nitrogen and oxygen atoms in total. The van der Waals surface area contributed by atoms with E-state index >= 15 is 0 Å². The molecule has 3 rings (SSSR count). The fourth-order valence-electron chi connectivity index (χ4n) is 4.21. The van der Waals surface area contributed by atoms with E-state index in [1.54, 1.807) is 0 Å². The average molecular weight is 379 g/mol. The number of hydrogen-bond acceptors (Lipinski definition) is 2. The monoisotopic (exact) mass is 378 g/mol. The fraction of sp³-hybridized carbons (Fsp3) is 0.458. The number of fused-ring (bicyclic) bond motifs is 1. The van der Waals surface area contributed by atoms with Gasteiger partial charge in [-0.05, 0) is 62.0 Å². The molecule has 1 N–H and O–H groups in total. The molecule has 2 aliphatic rings. The van der Waals surface area contributed by atoms with Crippen LogP contribution in [0.2, 0.25) is 19.6 Å². The first-order chi connectivity index (χ1) is 12.6. The number of aliphatic hydroxyl groups excluding tert-OH is 1. The van der Waals surface area contributed by atoms with Crippen molar-refractivity contribution in [3.63, 3.8) is 0 Å². The summed E-state index contributed by atoms with van der Waals surface area (Å²) in [7, 11) is -1.38. The molecule has 2 atom stereocenters. The first-order valence-electron chi connectivity index (χ1n) is 9.87. The Kier molecular flexibility index (Phi) is 5.34. The first-order valence-corrected chi connectivity index (χ1v) is 13.4. The summed E-state index contributed by atoms with van der Waals surface area (Å²) >= 11 is 0. The second-order valence-electron chi connectivity index (χ2n) is 9.23. The summed E-state index contributed by atoms with van der Waals surface area (Å²) in [5.41, 5.74) is 7.92. The third-order valence-electron chi connectivity index (χ3n) is 5.81. The molecule has 1 fully saturated rings. The minimum Gasteiger partial charge on any atom is -0.392 e. The Labute approximate surface area is 164 Å². The van der Waals surface area contributed by atoms with E-state index in [0.717, 1.165) is 41.5 Å². The Hall–Kier alpha value is -1.89. The SMILES string of the molecule is CC1=C2CCC[C@H](O)[C@@]2(C)C/C(=C\c2ccc(C#C[Si](C)(C)C)cc2)C1=O. The molecule has 0 aromatic heterocycles. The lowest BCUT2D eigenvalue weighted by atomic mass is 9.61. The largest absolute Gasteiger partial charge is 0.392 e. The van der Waals surface area contributed by atoms with Gasteiger partial charge in [0.2, 0.25) is 0 Å². The molecule has 1 aromatic carbocycles. The number of Topliss-reactive ketones (excluding diaryl/α,β-unsaturated/α-hetero) is 1. The van der Waals surface area contributed by atoms with Gasteiger partial charge in [0.1, 0.15) is 8.07 Å². The molecule has 1 aromatic rings. The fourth-order valence-corrected chi connectivity index (χ4v) is 4.73. The molecule has 0 bridgehead atoms. The van der Waals surface area contributed by atoms with Crippen molar-refractivity contribution in [3.8, 4) is 11.5 Å². The maximum atomic E-state index is 12.9. The van der Waals surface area contributed by atoms with E-state index in [1.807, 2.05) is 37.3 Å². The van der Waals surface area contributed by atoms with Crippen LogP contribution >= 0.6 is 0 Å². The number of carbonyl (C=O) groups is 1. The van der Waals surface area contributed by atoms with E-state index in [2.05, 4.69) is 38.0 Å². The Bertz CT molecular complexity index is 872. The third kappa shape index (κ3) is 4.18. The van der Waals surface area contributed by atoms with Crippen LogP contribution in [-0.2, 0) is 4.79 Å². The topological polar surface area (TPSA) is 37.3 Å².